The Kier molecular flexibility index (Phi) is 134. The summed E-state index contributed by atoms with van der Waals surface area (Å²) in [6.45, 7) is 0. The molecule has 4 heteroatoms. The van der Waals surface area contributed by atoms with E-state index in [9.17, 15) is 0 Å². The van der Waals surface area contributed by atoms with Crippen molar-refractivity contribution in [1.82, 2.24) is 0 Å². The van der Waals surface area contributed by atoms with Crippen LogP contribution in [0.15, 0.2) is 0 Å². The van der Waals surface area contributed by atoms with Gasteiger partial charge in [-0.05, 0) is 0 Å². The van der Waals surface area contributed by atoms with E-state index in [1.165, 1.54) is 16.2 Å². The van der Waals surface area contributed by atoms with Gasteiger partial charge in [0.25, 0.3) is 0 Å². The summed E-state index contributed by atoms with van der Waals surface area (Å²) in [6.07, 6.45) is 0. The second-order valence-corrected chi connectivity index (χ2v) is 0. The third-order valence-electron chi connectivity index (χ3n) is 0. The molecule has 0 amide bonds. The van der Waals surface area contributed by atoms with Gasteiger partial charge in [-0.15, -0.1) is 0 Å². The van der Waals surface area contributed by atoms with Crippen molar-refractivity contribution in [2.24, 2.45) is 0 Å². The number of hydrogen-bond donors (Lipinski definition) is 0. The zero-order valence-electron chi connectivity index (χ0n) is 1.84. The van der Waals surface area contributed by atoms with Crippen molar-refractivity contribution >= 4 is 9.90 Å². The molecule has 0 bridgehead atoms. The fourth-order valence-corrected chi connectivity index (χ4v) is 0. The Morgan fingerprint density at radius 3 is 1.25 bits per heavy atom. The number of hydrogen-bond acceptors (Lipinski definition) is 1. The summed E-state index contributed by atoms with van der Waals surface area (Å²) >= 11 is 1.38. The van der Waals surface area contributed by atoms with Gasteiger partial charge in [0.1, 0.15) is 0 Å². The van der Waals surface area contributed by atoms with Crippen molar-refractivity contribution in [3.05, 3.63) is 0 Å². The monoisotopic (exact) mass is 160 g/mol. The van der Waals surface area contributed by atoms with E-state index in [1.54, 1.807) is 0 Å². The van der Waals surface area contributed by atoms with Crippen LogP contribution in [0, 0.1) is 0 Å². The summed E-state index contributed by atoms with van der Waals surface area (Å²) in [5.41, 5.74) is 0. The van der Waals surface area contributed by atoms with E-state index < -0.39 is 0 Å². The molecule has 0 rings (SSSR count). The Labute approximate surface area is 46.7 Å². The molecule has 0 saturated carbocycles. The molecule has 0 heterocycles. The molecule has 30 valence electrons. The van der Waals surface area contributed by atoms with Crippen LogP contribution in [0.4, 0.5) is 0 Å². The van der Waals surface area contributed by atoms with Gasteiger partial charge < -0.3 is 0 Å². The van der Waals surface area contributed by atoms with E-state index in [-0.39, 0.29) is 26.4 Å². The van der Waals surface area contributed by atoms with Gasteiger partial charge in [-0.2, -0.15) is 9.90 Å². The first-order valence-corrected chi connectivity index (χ1v) is 0.687. The molecule has 1 atom stereocenters. The molecule has 1 unspecified atom stereocenters. The maximum atomic E-state index is 8.12. The number of rotatable bonds is 0. The van der Waals surface area contributed by atoms with Crippen molar-refractivity contribution < 1.29 is 36.5 Å². The van der Waals surface area contributed by atoms with Gasteiger partial charge in [-0.3, -0.25) is 0 Å². The average Bonchev–Trinajstić information content (AvgIpc) is 1.00. The van der Waals surface area contributed by atoms with Crippen molar-refractivity contribution in [2.75, 3.05) is 0 Å². The molecule has 0 N–H and O–H groups in total. The second-order valence-electron chi connectivity index (χ2n) is 0. The zero-order chi connectivity index (χ0) is 2.00. The predicted molar refractivity (Wildman–Crippen MR) is 11.8 cm³/mol. The zero-order valence-corrected chi connectivity index (χ0v) is 5.52. The average molecular weight is 161 g/mol. The summed E-state index contributed by atoms with van der Waals surface area (Å²) < 4.78 is 8.12. The normalized spacial score (nSPS) is 1.00. The van der Waals surface area contributed by atoms with Crippen molar-refractivity contribution in [2.45, 2.75) is 0 Å². The molecule has 0 aromatic heterocycles. The molecule has 0 saturated heterocycles. The van der Waals surface area contributed by atoms with Gasteiger partial charge in [-0.25, -0.2) is 0 Å². The van der Waals surface area contributed by atoms with Gasteiger partial charge in [-0.1, -0.05) is 0 Å². The molecular formula is H3CrNiOP. The minimum absolute atomic E-state index is 0. The summed E-state index contributed by atoms with van der Waals surface area (Å²) in [5, 5.41) is 0. The third kappa shape index (κ3) is 10.5. The van der Waals surface area contributed by atoms with Gasteiger partial charge in [0.2, 0.25) is 0 Å². The molecule has 0 fully saturated rings. The van der Waals surface area contributed by atoms with Gasteiger partial charge >= 0.3 is 20.0 Å². The Bertz CT molecular complexity index is 8.00. The van der Waals surface area contributed by atoms with Crippen LogP contribution in [0.1, 0.15) is 0 Å². The first kappa shape index (κ1) is 18.7. The summed E-state index contributed by atoms with van der Waals surface area (Å²) in [5.74, 6) is 0. The molecule has 0 aliphatic rings. The Balaban J connectivity index is -0.00000000500. The van der Waals surface area contributed by atoms with Crippen molar-refractivity contribution in [1.29, 1.82) is 0 Å². The SMILES string of the molecule is P.[Ni].[O]=[Cr]. The van der Waals surface area contributed by atoms with Crippen LogP contribution in [0.25, 0.3) is 0 Å². The van der Waals surface area contributed by atoms with Crippen LogP contribution in [0.2, 0.25) is 0 Å². The van der Waals surface area contributed by atoms with Crippen LogP contribution in [0.5, 0.6) is 0 Å². The molecular weight excluding hydrogens is 158 g/mol. The predicted octanol–water partition coefficient (Wildman–Crippen LogP) is -0.0657. The van der Waals surface area contributed by atoms with Crippen LogP contribution < -0.4 is 0 Å². The Morgan fingerprint density at radius 2 is 1.25 bits per heavy atom. The Hall–Kier alpha value is 1.26. The van der Waals surface area contributed by atoms with E-state index >= 15 is 0 Å². The molecule has 0 aromatic carbocycles. The first-order chi connectivity index (χ1) is 1.00. The topological polar surface area (TPSA) is 17.1 Å². The van der Waals surface area contributed by atoms with Gasteiger partial charge in [0.05, 0.1) is 0 Å². The molecule has 1 nitrogen and oxygen atoms in total. The van der Waals surface area contributed by atoms with Crippen molar-refractivity contribution in [3.8, 4) is 0 Å². The molecule has 0 spiro atoms. The van der Waals surface area contributed by atoms with Gasteiger partial charge in [0.15, 0.2) is 0 Å². The van der Waals surface area contributed by atoms with E-state index in [0.717, 1.165) is 0 Å². The van der Waals surface area contributed by atoms with E-state index in [2.05, 4.69) is 0 Å². The van der Waals surface area contributed by atoms with E-state index in [1.807, 2.05) is 0 Å². The van der Waals surface area contributed by atoms with Gasteiger partial charge in [0, 0.05) is 16.5 Å². The fourth-order valence-electron chi connectivity index (χ4n) is 0. The van der Waals surface area contributed by atoms with Crippen molar-refractivity contribution in [3.63, 3.8) is 0 Å². The quantitative estimate of drug-likeness (QED) is 0.359. The van der Waals surface area contributed by atoms with Crippen LogP contribution in [-0.2, 0) is 36.5 Å². The molecule has 0 aliphatic carbocycles. The van der Waals surface area contributed by atoms with E-state index in [0.29, 0.717) is 0 Å². The minimum atomic E-state index is 0. The second kappa shape index (κ2) is 28.6. The fraction of sp³-hybridized carbons (Fsp3) is 0. The third-order valence-corrected chi connectivity index (χ3v) is 0. The van der Waals surface area contributed by atoms with E-state index in [4.69, 9.17) is 3.80 Å². The molecule has 0 aliphatic heterocycles. The maximum absolute atomic E-state index is 8.12. The molecule has 4 heavy (non-hydrogen) atoms. The van der Waals surface area contributed by atoms with Crippen LogP contribution in [-0.4, -0.2) is 0 Å². The molecule has 0 aromatic rings. The summed E-state index contributed by atoms with van der Waals surface area (Å²) in [6, 6.07) is 0. The summed E-state index contributed by atoms with van der Waals surface area (Å²) in [7, 11) is 0. The van der Waals surface area contributed by atoms with Crippen LogP contribution in [0.3, 0.4) is 0 Å². The standard InChI is InChI=1S/Cr.Ni.O.H3P/h;;;1H3. The van der Waals surface area contributed by atoms with Crippen LogP contribution >= 0.6 is 9.90 Å². The molecule has 0 radical (unpaired) electrons. The first-order valence-electron chi connectivity index (χ1n) is 0.167. The Morgan fingerprint density at radius 1 is 1.25 bits per heavy atom. The summed E-state index contributed by atoms with van der Waals surface area (Å²) in [4.78, 5) is 0.